The first-order valence-electron chi connectivity index (χ1n) is 8.69. The molecule has 2 aromatic carbocycles. The Morgan fingerprint density at radius 3 is 2.29 bits per heavy atom. The highest BCUT2D eigenvalue weighted by atomic mass is 35.5. The van der Waals surface area contributed by atoms with Crippen molar-refractivity contribution in [1.29, 1.82) is 0 Å². The van der Waals surface area contributed by atoms with Crippen molar-refractivity contribution in [3.05, 3.63) is 52.5 Å². The summed E-state index contributed by atoms with van der Waals surface area (Å²) >= 11 is 5.93. The molecule has 0 aliphatic heterocycles. The van der Waals surface area contributed by atoms with Crippen molar-refractivity contribution < 1.29 is 35.9 Å². The van der Waals surface area contributed by atoms with Crippen LogP contribution < -0.4 is 19.1 Å². The molecule has 0 heterocycles. The van der Waals surface area contributed by atoms with Crippen molar-refractivity contribution in [2.45, 2.75) is 12.7 Å². The van der Waals surface area contributed by atoms with Gasteiger partial charge in [0.05, 0.1) is 36.7 Å². The lowest BCUT2D eigenvalue weighted by Gasteiger charge is -2.24. The van der Waals surface area contributed by atoms with Crippen LogP contribution in [0.2, 0.25) is 5.02 Å². The van der Waals surface area contributed by atoms with Crippen LogP contribution >= 0.6 is 11.6 Å². The minimum Gasteiger partial charge on any atom is -0.493 e. The molecule has 0 aliphatic carbocycles. The molecule has 0 fully saturated rings. The minimum absolute atomic E-state index is 0.0209. The first-order chi connectivity index (χ1) is 14.4. The molecule has 0 aliphatic rings. The van der Waals surface area contributed by atoms with Crippen LogP contribution in [-0.4, -0.2) is 41.3 Å². The third kappa shape index (κ3) is 6.41. The van der Waals surface area contributed by atoms with Crippen molar-refractivity contribution in [1.82, 2.24) is 5.32 Å². The number of methoxy groups -OCH3 is 2. The third-order valence-corrected chi connectivity index (χ3v) is 5.61. The number of carbonyl (C=O) groups excluding carboxylic acids is 1. The molecule has 0 bridgehead atoms. The number of sulfonamides is 1. The topological polar surface area (TPSA) is 84.9 Å². The van der Waals surface area contributed by atoms with Crippen LogP contribution in [0.1, 0.15) is 11.1 Å². The molecule has 0 atom stereocenters. The lowest BCUT2D eigenvalue weighted by atomic mass is 10.2. The first-order valence-corrected chi connectivity index (χ1v) is 10.9. The normalized spacial score (nSPS) is 11.7. The summed E-state index contributed by atoms with van der Waals surface area (Å²) in [6.45, 7) is -0.736. The van der Waals surface area contributed by atoms with Gasteiger partial charge in [0, 0.05) is 6.54 Å². The van der Waals surface area contributed by atoms with E-state index in [1.807, 2.05) is 0 Å². The number of rotatable bonds is 8. The summed E-state index contributed by atoms with van der Waals surface area (Å²) in [6.07, 6.45) is -3.94. The van der Waals surface area contributed by atoms with Gasteiger partial charge in [-0.25, -0.2) is 8.42 Å². The lowest BCUT2D eigenvalue weighted by molar-refractivity contribution is -0.137. The van der Waals surface area contributed by atoms with Crippen LogP contribution in [0.25, 0.3) is 0 Å². The number of amides is 1. The first kappa shape index (κ1) is 24.6. The summed E-state index contributed by atoms with van der Waals surface area (Å²) in [6, 6.07) is 7.16. The molecule has 2 rings (SSSR count). The van der Waals surface area contributed by atoms with Crippen LogP contribution in [0.5, 0.6) is 11.5 Å². The standard InChI is InChI=1S/C19H20ClF3N2O5S/c1-29-16-7-4-12(8-17(16)30-2)10-24-18(26)11-25(31(3,27)28)15-9-13(19(21,22)23)5-6-14(15)20/h4-9H,10-11H2,1-3H3,(H,24,26). The van der Waals surface area contributed by atoms with Gasteiger partial charge in [0.25, 0.3) is 0 Å². The summed E-state index contributed by atoms with van der Waals surface area (Å²) in [5.41, 5.74) is -0.902. The largest absolute Gasteiger partial charge is 0.493 e. The monoisotopic (exact) mass is 480 g/mol. The van der Waals surface area contributed by atoms with Gasteiger partial charge in [0.1, 0.15) is 6.54 Å². The Balaban J connectivity index is 2.22. The zero-order valence-electron chi connectivity index (χ0n) is 16.8. The SMILES string of the molecule is COc1ccc(CNC(=O)CN(c2cc(C(F)(F)F)ccc2Cl)S(C)(=O)=O)cc1OC. The van der Waals surface area contributed by atoms with Crippen molar-refractivity contribution in [3.8, 4) is 11.5 Å². The van der Waals surface area contributed by atoms with E-state index < -0.39 is 39.9 Å². The van der Waals surface area contributed by atoms with Crippen molar-refractivity contribution in [2.75, 3.05) is 31.3 Å². The van der Waals surface area contributed by atoms with Crippen LogP contribution in [0, 0.1) is 0 Å². The van der Waals surface area contributed by atoms with Crippen molar-refractivity contribution >= 4 is 33.2 Å². The number of benzene rings is 2. The Morgan fingerprint density at radius 1 is 1.10 bits per heavy atom. The summed E-state index contributed by atoms with van der Waals surface area (Å²) in [7, 11) is -1.20. The molecule has 2 aromatic rings. The Morgan fingerprint density at radius 2 is 1.74 bits per heavy atom. The molecule has 12 heteroatoms. The molecule has 0 saturated carbocycles. The highest BCUT2D eigenvalue weighted by Gasteiger charge is 2.33. The van der Waals surface area contributed by atoms with Crippen LogP contribution in [0.15, 0.2) is 36.4 Å². The van der Waals surface area contributed by atoms with Gasteiger partial charge in [-0.1, -0.05) is 17.7 Å². The molecular weight excluding hydrogens is 461 g/mol. The number of nitrogens with zero attached hydrogens (tertiary/aromatic N) is 1. The maximum atomic E-state index is 13.0. The number of carbonyl (C=O) groups is 1. The zero-order chi connectivity index (χ0) is 23.4. The number of hydrogen-bond acceptors (Lipinski definition) is 5. The van der Waals surface area contributed by atoms with Gasteiger partial charge in [-0.2, -0.15) is 13.2 Å². The fraction of sp³-hybridized carbons (Fsp3) is 0.316. The molecule has 1 amide bonds. The molecule has 31 heavy (non-hydrogen) atoms. The van der Waals surface area contributed by atoms with E-state index in [-0.39, 0.29) is 11.6 Å². The van der Waals surface area contributed by atoms with Crippen LogP contribution in [0.3, 0.4) is 0 Å². The van der Waals surface area contributed by atoms with Gasteiger partial charge in [-0.05, 0) is 35.9 Å². The Kier molecular flexibility index (Phi) is 7.66. The Bertz CT molecular complexity index is 1060. The van der Waals surface area contributed by atoms with Gasteiger partial charge in [0.15, 0.2) is 11.5 Å². The van der Waals surface area contributed by atoms with E-state index in [2.05, 4.69) is 5.32 Å². The average Bonchev–Trinajstić information content (AvgIpc) is 2.69. The van der Waals surface area contributed by atoms with Gasteiger partial charge in [-0.3, -0.25) is 9.10 Å². The molecule has 7 nitrogen and oxygen atoms in total. The Hall–Kier alpha value is -2.66. The fourth-order valence-electron chi connectivity index (χ4n) is 2.64. The summed E-state index contributed by atoms with van der Waals surface area (Å²) < 4.78 is 74.3. The molecule has 0 radical (unpaired) electrons. The smallest absolute Gasteiger partial charge is 0.416 e. The maximum Gasteiger partial charge on any atom is 0.416 e. The molecule has 0 spiro atoms. The van der Waals surface area contributed by atoms with E-state index in [4.69, 9.17) is 21.1 Å². The van der Waals surface area contributed by atoms with E-state index >= 15 is 0 Å². The number of anilines is 1. The number of ether oxygens (including phenoxy) is 2. The number of halogens is 4. The Labute approximate surface area is 182 Å². The second kappa shape index (κ2) is 9.65. The molecule has 1 N–H and O–H groups in total. The zero-order valence-corrected chi connectivity index (χ0v) is 18.4. The second-order valence-electron chi connectivity index (χ2n) is 6.40. The van der Waals surface area contributed by atoms with E-state index in [1.165, 1.54) is 14.2 Å². The van der Waals surface area contributed by atoms with E-state index in [9.17, 15) is 26.4 Å². The minimum atomic E-state index is -4.71. The van der Waals surface area contributed by atoms with E-state index in [0.29, 0.717) is 27.4 Å². The number of alkyl halides is 3. The predicted octanol–water partition coefficient (Wildman–Crippen LogP) is 3.46. The highest BCUT2D eigenvalue weighted by molar-refractivity contribution is 7.92. The van der Waals surface area contributed by atoms with E-state index in [0.717, 1.165) is 18.4 Å². The van der Waals surface area contributed by atoms with E-state index in [1.54, 1.807) is 18.2 Å². The number of nitrogens with one attached hydrogen (secondary N) is 1. The van der Waals surface area contributed by atoms with Crippen LogP contribution in [-0.2, 0) is 27.5 Å². The van der Waals surface area contributed by atoms with Crippen LogP contribution in [0.4, 0.5) is 18.9 Å². The quantitative estimate of drug-likeness (QED) is 0.625. The summed E-state index contributed by atoms with van der Waals surface area (Å²) in [5, 5.41) is 2.27. The lowest BCUT2D eigenvalue weighted by Crippen LogP contribution is -2.40. The van der Waals surface area contributed by atoms with Crippen molar-refractivity contribution in [3.63, 3.8) is 0 Å². The molecular formula is C19H20ClF3N2O5S. The average molecular weight is 481 g/mol. The van der Waals surface area contributed by atoms with Gasteiger partial charge in [0.2, 0.25) is 15.9 Å². The van der Waals surface area contributed by atoms with Crippen molar-refractivity contribution in [2.24, 2.45) is 0 Å². The molecule has 0 unspecified atom stereocenters. The second-order valence-corrected chi connectivity index (χ2v) is 8.71. The molecule has 170 valence electrons. The van der Waals surface area contributed by atoms with Gasteiger partial charge < -0.3 is 14.8 Å². The highest BCUT2D eigenvalue weighted by Crippen LogP contribution is 2.36. The maximum absolute atomic E-state index is 13.0. The third-order valence-electron chi connectivity index (χ3n) is 4.17. The molecule has 0 saturated heterocycles. The summed E-state index contributed by atoms with van der Waals surface area (Å²) in [5.74, 6) is 0.177. The van der Waals surface area contributed by atoms with Gasteiger partial charge >= 0.3 is 6.18 Å². The van der Waals surface area contributed by atoms with Gasteiger partial charge in [-0.15, -0.1) is 0 Å². The molecule has 0 aromatic heterocycles. The fourth-order valence-corrected chi connectivity index (χ4v) is 3.77. The predicted molar refractivity (Wildman–Crippen MR) is 110 cm³/mol. The summed E-state index contributed by atoms with van der Waals surface area (Å²) in [4.78, 5) is 12.4. The number of hydrogen-bond donors (Lipinski definition) is 1.